The van der Waals surface area contributed by atoms with Crippen LogP contribution in [-0.2, 0) is 28.7 Å². The van der Waals surface area contributed by atoms with Crippen LogP contribution in [0.1, 0.15) is 56.2 Å². The summed E-state index contributed by atoms with van der Waals surface area (Å²) in [6.07, 6.45) is 8.00. The number of aromatic nitrogens is 3. The molecule has 12 heteroatoms. The van der Waals surface area contributed by atoms with Gasteiger partial charge in [-0.2, -0.15) is 0 Å². The van der Waals surface area contributed by atoms with Gasteiger partial charge in [0.1, 0.15) is 5.82 Å². The molecule has 214 valence electrons. The Balaban J connectivity index is 1.07. The van der Waals surface area contributed by atoms with Crippen molar-refractivity contribution in [3.05, 3.63) is 47.5 Å². The number of hydrogen-bond donors (Lipinski definition) is 3. The molecule has 2 saturated heterocycles. The summed E-state index contributed by atoms with van der Waals surface area (Å²) in [4.78, 5) is 13.4. The summed E-state index contributed by atoms with van der Waals surface area (Å²) in [5.74, 6) is 1.38. The van der Waals surface area contributed by atoms with Crippen molar-refractivity contribution in [1.82, 2.24) is 20.3 Å². The van der Waals surface area contributed by atoms with Crippen LogP contribution in [0, 0.1) is 5.82 Å². The minimum atomic E-state index is -1.27. The number of fused-ring (bicyclic) bond motifs is 5. The second kappa shape index (κ2) is 11.5. The molecule has 0 spiro atoms. The molecular weight excluding hydrogens is 535 g/mol. The van der Waals surface area contributed by atoms with Crippen molar-refractivity contribution in [3.63, 3.8) is 0 Å². The first kappa shape index (κ1) is 27.3. The molecule has 2 bridgehead atoms. The van der Waals surface area contributed by atoms with Crippen molar-refractivity contribution >= 4 is 27.8 Å². The fourth-order valence-corrected chi connectivity index (χ4v) is 6.45. The van der Waals surface area contributed by atoms with Gasteiger partial charge in [0.25, 0.3) is 0 Å². The lowest BCUT2D eigenvalue weighted by atomic mass is 9.69. The highest BCUT2D eigenvalue weighted by Gasteiger charge is 2.49. The van der Waals surface area contributed by atoms with E-state index < -0.39 is 11.0 Å². The monoisotopic (exact) mass is 570 g/mol. The van der Waals surface area contributed by atoms with Gasteiger partial charge in [-0.05, 0) is 76.1 Å². The van der Waals surface area contributed by atoms with Crippen molar-refractivity contribution in [2.24, 2.45) is 5.73 Å². The highest BCUT2D eigenvalue weighted by atomic mass is 32.2. The van der Waals surface area contributed by atoms with Crippen LogP contribution >= 0.6 is 0 Å². The molecule has 3 fully saturated rings. The van der Waals surface area contributed by atoms with Crippen LogP contribution < -0.4 is 25.2 Å². The summed E-state index contributed by atoms with van der Waals surface area (Å²) in [5.41, 5.74) is 7.80. The standard InChI is InChI=1S/C28H35FN6O4S/c29-21-16-31-22-4-6-24(37-14-2-1-13-30)34-25(22)20(21)7-8-28-11-9-27(10-12-28,17-39-28)32-15-19-3-5-23-26(33-19)35-40(36)18-38-23/h3-6,16,32H,1-2,7-15,17-18,30H2,(H,33,35). The third kappa shape index (κ3) is 5.76. The van der Waals surface area contributed by atoms with E-state index in [1.54, 1.807) is 6.07 Å². The van der Waals surface area contributed by atoms with Crippen molar-refractivity contribution in [1.29, 1.82) is 0 Å². The van der Waals surface area contributed by atoms with Gasteiger partial charge in [-0.3, -0.25) is 9.71 Å². The average molecular weight is 571 g/mol. The first-order chi connectivity index (χ1) is 19.5. The quantitative estimate of drug-likeness (QED) is 0.296. The lowest BCUT2D eigenvalue weighted by molar-refractivity contribution is -0.165. The third-order valence-corrected chi connectivity index (χ3v) is 9.04. The minimum absolute atomic E-state index is 0.113. The number of nitrogens with zero attached hydrogens (tertiary/aromatic N) is 3. The van der Waals surface area contributed by atoms with Gasteiger partial charge in [0, 0.05) is 23.7 Å². The van der Waals surface area contributed by atoms with E-state index in [1.807, 2.05) is 18.2 Å². The Hall–Kier alpha value is -2.93. The van der Waals surface area contributed by atoms with E-state index in [1.165, 1.54) is 6.20 Å². The molecule has 0 aromatic carbocycles. The van der Waals surface area contributed by atoms with Crippen molar-refractivity contribution in [3.8, 4) is 11.6 Å². The van der Waals surface area contributed by atoms with Gasteiger partial charge in [0.05, 0.1) is 41.7 Å². The number of hydrogen-bond acceptors (Lipinski definition) is 9. The Labute approximate surface area is 235 Å². The van der Waals surface area contributed by atoms with Crippen LogP contribution in [0.5, 0.6) is 11.6 Å². The predicted molar refractivity (Wildman–Crippen MR) is 150 cm³/mol. The number of unbranched alkanes of at least 4 members (excludes halogenated alkanes) is 1. The van der Waals surface area contributed by atoms with Crippen LogP contribution in [0.4, 0.5) is 10.2 Å². The molecule has 1 saturated carbocycles. The first-order valence-corrected chi connectivity index (χ1v) is 15.2. The molecule has 3 aliphatic heterocycles. The zero-order valence-electron chi connectivity index (χ0n) is 22.4. The second-order valence-corrected chi connectivity index (χ2v) is 12.0. The molecule has 7 rings (SSSR count). The minimum Gasteiger partial charge on any atom is -0.478 e. The SMILES string of the molecule is NCCCCOc1ccc2ncc(F)c(CCC34CCC(NCc5ccc6c(n5)NS(=O)CO6)(CC3)CO4)c2n1. The molecule has 10 nitrogen and oxygen atoms in total. The average Bonchev–Trinajstić information content (AvgIpc) is 2.98. The fourth-order valence-electron chi connectivity index (χ4n) is 5.79. The maximum Gasteiger partial charge on any atom is 0.213 e. The number of nitrogens with one attached hydrogen (secondary N) is 2. The van der Waals surface area contributed by atoms with E-state index in [4.69, 9.17) is 19.9 Å². The van der Waals surface area contributed by atoms with E-state index in [9.17, 15) is 4.21 Å². The lowest BCUT2D eigenvalue weighted by Gasteiger charge is -2.53. The molecule has 1 atom stereocenters. The van der Waals surface area contributed by atoms with E-state index in [0.717, 1.165) is 50.6 Å². The second-order valence-electron chi connectivity index (χ2n) is 10.9. The number of ether oxygens (including phenoxy) is 3. The molecule has 0 amide bonds. The topological polar surface area (TPSA) is 134 Å². The number of halogens is 1. The molecule has 4 aliphatic rings. The van der Waals surface area contributed by atoms with Crippen LogP contribution in [0.3, 0.4) is 0 Å². The molecular formula is C28H35FN6O4S. The van der Waals surface area contributed by atoms with Crippen LogP contribution in [0.25, 0.3) is 11.0 Å². The molecule has 1 aliphatic carbocycles. The Bertz CT molecular complexity index is 1380. The van der Waals surface area contributed by atoms with Crippen molar-refractivity contribution in [2.45, 2.75) is 69.1 Å². The number of anilines is 1. The molecule has 4 N–H and O–H groups in total. The van der Waals surface area contributed by atoms with Gasteiger partial charge < -0.3 is 25.3 Å². The number of nitrogens with two attached hydrogens (primary N) is 1. The zero-order chi connectivity index (χ0) is 27.6. The fraction of sp³-hybridized carbons (Fsp3) is 0.536. The summed E-state index contributed by atoms with van der Waals surface area (Å²) < 4.78 is 47.3. The number of pyridine rings is 3. The molecule has 3 aromatic heterocycles. The summed E-state index contributed by atoms with van der Waals surface area (Å²) in [6.45, 7) is 2.32. The number of rotatable bonds is 11. The van der Waals surface area contributed by atoms with Gasteiger partial charge >= 0.3 is 0 Å². The predicted octanol–water partition coefficient (Wildman–Crippen LogP) is 3.51. The largest absolute Gasteiger partial charge is 0.478 e. The molecule has 3 aromatic rings. The highest BCUT2D eigenvalue weighted by Crippen LogP contribution is 2.46. The van der Waals surface area contributed by atoms with E-state index >= 15 is 4.39 Å². The number of aryl methyl sites for hydroxylation is 1. The molecule has 1 unspecified atom stereocenters. The summed E-state index contributed by atoms with van der Waals surface area (Å²) in [5, 5.41) is 3.68. The van der Waals surface area contributed by atoms with Crippen molar-refractivity contribution in [2.75, 3.05) is 30.4 Å². The van der Waals surface area contributed by atoms with Crippen LogP contribution in [0.15, 0.2) is 30.5 Å². The summed E-state index contributed by atoms with van der Waals surface area (Å²) >= 11 is 0. The Kier molecular flexibility index (Phi) is 7.84. The van der Waals surface area contributed by atoms with E-state index in [-0.39, 0.29) is 22.9 Å². The molecule has 6 heterocycles. The molecule has 40 heavy (non-hydrogen) atoms. The van der Waals surface area contributed by atoms with Crippen LogP contribution in [0.2, 0.25) is 0 Å². The maximum atomic E-state index is 15.0. The maximum absolute atomic E-state index is 15.0. The third-order valence-electron chi connectivity index (χ3n) is 8.28. The smallest absolute Gasteiger partial charge is 0.213 e. The highest BCUT2D eigenvalue weighted by molar-refractivity contribution is 7.86. The zero-order valence-corrected chi connectivity index (χ0v) is 23.2. The van der Waals surface area contributed by atoms with Gasteiger partial charge in [-0.15, -0.1) is 0 Å². The van der Waals surface area contributed by atoms with Gasteiger partial charge in [-0.1, -0.05) is 0 Å². The van der Waals surface area contributed by atoms with Crippen LogP contribution in [-0.4, -0.2) is 56.0 Å². The Morgan fingerprint density at radius 1 is 1.15 bits per heavy atom. The lowest BCUT2D eigenvalue weighted by Crippen LogP contribution is -2.61. The Morgan fingerprint density at radius 2 is 2.02 bits per heavy atom. The normalized spacial score (nSPS) is 25.3. The van der Waals surface area contributed by atoms with Crippen molar-refractivity contribution < 1.29 is 22.8 Å². The summed E-state index contributed by atoms with van der Waals surface area (Å²) in [7, 11) is -1.27. The van der Waals surface area contributed by atoms with E-state index in [2.05, 4.69) is 25.0 Å². The van der Waals surface area contributed by atoms with Gasteiger partial charge in [0.15, 0.2) is 28.5 Å². The first-order valence-electron chi connectivity index (χ1n) is 13.9. The summed E-state index contributed by atoms with van der Waals surface area (Å²) in [6, 6.07) is 7.39. The van der Waals surface area contributed by atoms with Gasteiger partial charge in [0.2, 0.25) is 5.88 Å². The molecule has 0 radical (unpaired) electrons. The van der Waals surface area contributed by atoms with E-state index in [0.29, 0.717) is 66.8 Å². The Morgan fingerprint density at radius 3 is 2.83 bits per heavy atom. The van der Waals surface area contributed by atoms with Gasteiger partial charge in [-0.25, -0.2) is 18.6 Å².